The zero-order valence-corrected chi connectivity index (χ0v) is 10.5. The second-order valence-corrected chi connectivity index (χ2v) is 4.28. The third-order valence-electron chi connectivity index (χ3n) is 2.80. The lowest BCUT2D eigenvalue weighted by Gasteiger charge is -2.05. The van der Waals surface area contributed by atoms with Gasteiger partial charge in [-0.3, -0.25) is 0 Å². The standard InChI is InChI=1S/C16H15NO2/c17-9-15-2-1-3-16(8-15)12-19-11-14-6-4-13(10-18)5-7-14/h1-8,18H,10-12H2. The molecule has 2 aromatic rings. The molecular formula is C16H15NO2. The fourth-order valence-electron chi connectivity index (χ4n) is 1.76. The molecule has 0 fully saturated rings. The highest BCUT2D eigenvalue weighted by Crippen LogP contribution is 2.09. The molecule has 0 saturated heterocycles. The van der Waals surface area contributed by atoms with E-state index < -0.39 is 0 Å². The molecule has 19 heavy (non-hydrogen) atoms. The molecule has 0 amide bonds. The van der Waals surface area contributed by atoms with E-state index in [-0.39, 0.29) is 6.61 Å². The maximum Gasteiger partial charge on any atom is 0.0991 e. The first-order chi connectivity index (χ1) is 9.31. The molecule has 0 aliphatic heterocycles. The van der Waals surface area contributed by atoms with Gasteiger partial charge in [0, 0.05) is 0 Å². The zero-order valence-electron chi connectivity index (χ0n) is 10.5. The normalized spacial score (nSPS) is 10.1. The highest BCUT2D eigenvalue weighted by molar-refractivity contribution is 5.32. The number of hydrogen-bond donors (Lipinski definition) is 1. The SMILES string of the molecule is N#Cc1cccc(COCc2ccc(CO)cc2)c1. The first-order valence-corrected chi connectivity index (χ1v) is 6.07. The van der Waals surface area contributed by atoms with Gasteiger partial charge in [-0.05, 0) is 28.8 Å². The van der Waals surface area contributed by atoms with E-state index in [0.29, 0.717) is 18.8 Å². The maximum absolute atomic E-state index is 8.95. The minimum atomic E-state index is 0.0576. The van der Waals surface area contributed by atoms with Gasteiger partial charge in [0.2, 0.25) is 0 Å². The molecule has 1 N–H and O–H groups in total. The van der Waals surface area contributed by atoms with Crippen molar-refractivity contribution in [3.05, 3.63) is 70.8 Å². The van der Waals surface area contributed by atoms with E-state index >= 15 is 0 Å². The van der Waals surface area contributed by atoms with Gasteiger partial charge in [-0.15, -0.1) is 0 Å². The summed E-state index contributed by atoms with van der Waals surface area (Å²) >= 11 is 0. The van der Waals surface area contributed by atoms with E-state index in [2.05, 4.69) is 6.07 Å². The van der Waals surface area contributed by atoms with Crippen LogP contribution in [0.3, 0.4) is 0 Å². The van der Waals surface area contributed by atoms with Crippen LogP contribution in [-0.2, 0) is 24.6 Å². The summed E-state index contributed by atoms with van der Waals surface area (Å²) in [6.45, 7) is 1.06. The lowest BCUT2D eigenvalue weighted by Crippen LogP contribution is -1.95. The molecule has 3 nitrogen and oxygen atoms in total. The summed E-state index contributed by atoms with van der Waals surface area (Å²) in [4.78, 5) is 0. The van der Waals surface area contributed by atoms with Gasteiger partial charge in [0.1, 0.15) is 0 Å². The number of aliphatic hydroxyl groups excluding tert-OH is 1. The molecule has 0 radical (unpaired) electrons. The monoisotopic (exact) mass is 253 g/mol. The number of benzene rings is 2. The molecular weight excluding hydrogens is 238 g/mol. The predicted octanol–water partition coefficient (Wildman–Crippen LogP) is 2.77. The van der Waals surface area contributed by atoms with E-state index in [0.717, 1.165) is 16.7 Å². The van der Waals surface area contributed by atoms with Crippen molar-refractivity contribution in [3.63, 3.8) is 0 Å². The minimum absolute atomic E-state index is 0.0576. The summed E-state index contributed by atoms with van der Waals surface area (Å²) in [5.41, 5.74) is 3.60. The molecule has 0 aliphatic rings. The Morgan fingerprint density at radius 3 is 2.32 bits per heavy atom. The van der Waals surface area contributed by atoms with Gasteiger partial charge in [-0.2, -0.15) is 5.26 Å². The molecule has 0 aliphatic carbocycles. The van der Waals surface area contributed by atoms with Crippen LogP contribution in [0, 0.1) is 11.3 Å². The van der Waals surface area contributed by atoms with Crippen LogP contribution in [0.2, 0.25) is 0 Å². The van der Waals surface area contributed by atoms with Crippen LogP contribution < -0.4 is 0 Å². The summed E-state index contributed by atoms with van der Waals surface area (Å²) < 4.78 is 5.61. The Labute approximate surface area is 112 Å². The average Bonchev–Trinajstić information content (AvgIpc) is 2.48. The Bertz CT molecular complexity index is 570. The third kappa shape index (κ3) is 3.92. The first-order valence-electron chi connectivity index (χ1n) is 6.07. The summed E-state index contributed by atoms with van der Waals surface area (Å²) in [5.74, 6) is 0. The number of rotatable bonds is 5. The Morgan fingerprint density at radius 1 is 0.947 bits per heavy atom. The van der Waals surface area contributed by atoms with Gasteiger partial charge in [-0.25, -0.2) is 0 Å². The maximum atomic E-state index is 8.95. The van der Waals surface area contributed by atoms with E-state index in [4.69, 9.17) is 15.1 Å². The predicted molar refractivity (Wildman–Crippen MR) is 72.0 cm³/mol. The molecule has 3 heteroatoms. The number of hydrogen-bond acceptors (Lipinski definition) is 3. The fraction of sp³-hybridized carbons (Fsp3) is 0.188. The van der Waals surface area contributed by atoms with Gasteiger partial charge >= 0.3 is 0 Å². The van der Waals surface area contributed by atoms with E-state index in [1.54, 1.807) is 6.07 Å². The van der Waals surface area contributed by atoms with Crippen LogP contribution in [0.25, 0.3) is 0 Å². The summed E-state index contributed by atoms with van der Waals surface area (Å²) in [5, 5.41) is 17.7. The van der Waals surface area contributed by atoms with E-state index in [1.807, 2.05) is 42.5 Å². The third-order valence-corrected chi connectivity index (χ3v) is 2.80. The van der Waals surface area contributed by atoms with Crippen LogP contribution >= 0.6 is 0 Å². The molecule has 0 aromatic heterocycles. The van der Waals surface area contributed by atoms with Gasteiger partial charge in [0.05, 0.1) is 31.5 Å². The quantitative estimate of drug-likeness (QED) is 0.891. The van der Waals surface area contributed by atoms with Crippen molar-refractivity contribution >= 4 is 0 Å². The number of ether oxygens (including phenoxy) is 1. The second-order valence-electron chi connectivity index (χ2n) is 4.28. The Hall–Kier alpha value is -2.15. The molecule has 0 spiro atoms. The Balaban J connectivity index is 1.87. The van der Waals surface area contributed by atoms with Crippen molar-refractivity contribution in [2.75, 3.05) is 0 Å². The van der Waals surface area contributed by atoms with E-state index in [9.17, 15) is 0 Å². The van der Waals surface area contributed by atoms with Crippen LogP contribution in [0.1, 0.15) is 22.3 Å². The van der Waals surface area contributed by atoms with Crippen LogP contribution in [0.5, 0.6) is 0 Å². The molecule has 0 bridgehead atoms. The Morgan fingerprint density at radius 2 is 1.63 bits per heavy atom. The molecule has 2 aromatic carbocycles. The van der Waals surface area contributed by atoms with Crippen LogP contribution in [0.15, 0.2) is 48.5 Å². The lowest BCUT2D eigenvalue weighted by molar-refractivity contribution is 0.107. The van der Waals surface area contributed by atoms with Crippen molar-refractivity contribution < 1.29 is 9.84 Å². The van der Waals surface area contributed by atoms with Crippen molar-refractivity contribution in [2.45, 2.75) is 19.8 Å². The first kappa shape index (κ1) is 13.3. The van der Waals surface area contributed by atoms with Crippen LogP contribution in [-0.4, -0.2) is 5.11 Å². The van der Waals surface area contributed by atoms with Crippen molar-refractivity contribution in [2.24, 2.45) is 0 Å². The number of aliphatic hydroxyl groups is 1. The van der Waals surface area contributed by atoms with Crippen molar-refractivity contribution in [1.29, 1.82) is 5.26 Å². The van der Waals surface area contributed by atoms with Gasteiger partial charge in [0.25, 0.3) is 0 Å². The highest BCUT2D eigenvalue weighted by Gasteiger charge is 1.98. The molecule has 0 unspecified atom stereocenters. The zero-order chi connectivity index (χ0) is 13.5. The van der Waals surface area contributed by atoms with Gasteiger partial charge < -0.3 is 9.84 Å². The topological polar surface area (TPSA) is 53.2 Å². The molecule has 0 heterocycles. The summed E-state index contributed by atoms with van der Waals surface area (Å²) in [6, 6.07) is 17.2. The number of nitrogens with zero attached hydrogens (tertiary/aromatic N) is 1. The van der Waals surface area contributed by atoms with Gasteiger partial charge in [0.15, 0.2) is 0 Å². The van der Waals surface area contributed by atoms with Gasteiger partial charge in [-0.1, -0.05) is 36.4 Å². The van der Waals surface area contributed by atoms with Crippen molar-refractivity contribution in [3.8, 4) is 6.07 Å². The largest absolute Gasteiger partial charge is 0.392 e. The highest BCUT2D eigenvalue weighted by atomic mass is 16.5. The lowest BCUT2D eigenvalue weighted by atomic mass is 10.1. The molecule has 0 atom stereocenters. The summed E-state index contributed by atoms with van der Waals surface area (Å²) in [6.07, 6.45) is 0. The summed E-state index contributed by atoms with van der Waals surface area (Å²) in [7, 11) is 0. The smallest absolute Gasteiger partial charge is 0.0991 e. The minimum Gasteiger partial charge on any atom is -0.392 e. The average molecular weight is 253 g/mol. The molecule has 96 valence electrons. The molecule has 2 rings (SSSR count). The number of nitriles is 1. The van der Waals surface area contributed by atoms with Crippen molar-refractivity contribution in [1.82, 2.24) is 0 Å². The van der Waals surface area contributed by atoms with Crippen LogP contribution in [0.4, 0.5) is 0 Å². The molecule has 0 saturated carbocycles. The van der Waals surface area contributed by atoms with E-state index in [1.165, 1.54) is 0 Å². The second kappa shape index (κ2) is 6.69. The fourth-order valence-corrected chi connectivity index (χ4v) is 1.76. The Kier molecular flexibility index (Phi) is 4.68.